The Morgan fingerprint density at radius 3 is 2.00 bits per heavy atom. The van der Waals surface area contributed by atoms with E-state index >= 15 is 0 Å². The predicted octanol–water partition coefficient (Wildman–Crippen LogP) is 4.42. The van der Waals surface area contributed by atoms with Crippen LogP contribution in [0, 0.1) is 0 Å². The number of nitrogens with zero attached hydrogens (tertiary/aromatic N) is 3. The number of benzene rings is 3. The number of piperazine rings is 1. The second kappa shape index (κ2) is 9.89. The van der Waals surface area contributed by atoms with Crippen molar-refractivity contribution in [2.24, 2.45) is 5.10 Å². The third-order valence-electron chi connectivity index (χ3n) is 5.10. The van der Waals surface area contributed by atoms with Crippen molar-refractivity contribution in [3.8, 4) is 5.75 Å². The van der Waals surface area contributed by atoms with E-state index in [1.165, 1.54) is 11.1 Å². The number of hydrazone groups is 1. The minimum atomic E-state index is 0.585. The van der Waals surface area contributed by atoms with Crippen LogP contribution in [0.1, 0.15) is 16.7 Å². The molecule has 0 atom stereocenters. The van der Waals surface area contributed by atoms with Crippen molar-refractivity contribution in [3.05, 3.63) is 102 Å². The van der Waals surface area contributed by atoms with E-state index in [4.69, 9.17) is 4.74 Å². The van der Waals surface area contributed by atoms with Crippen LogP contribution in [-0.4, -0.2) is 42.3 Å². The van der Waals surface area contributed by atoms with Gasteiger partial charge in [-0.1, -0.05) is 60.7 Å². The molecule has 3 aromatic rings. The van der Waals surface area contributed by atoms with E-state index in [0.717, 1.165) is 44.0 Å². The average Bonchev–Trinajstić information content (AvgIpc) is 2.79. The first-order valence-corrected chi connectivity index (χ1v) is 10.2. The molecule has 1 aliphatic rings. The molecular weight excluding hydrogens is 358 g/mol. The summed E-state index contributed by atoms with van der Waals surface area (Å²) >= 11 is 0. The maximum absolute atomic E-state index is 5.84. The van der Waals surface area contributed by atoms with Gasteiger partial charge in [0, 0.05) is 32.7 Å². The summed E-state index contributed by atoms with van der Waals surface area (Å²) in [5.41, 5.74) is 3.63. The lowest BCUT2D eigenvalue weighted by atomic mass is 10.2. The summed E-state index contributed by atoms with van der Waals surface area (Å²) in [6.07, 6.45) is 1.94. The molecule has 1 fully saturated rings. The number of ether oxygens (including phenoxy) is 1. The Morgan fingerprint density at radius 2 is 1.34 bits per heavy atom. The molecule has 4 rings (SSSR count). The molecule has 148 valence electrons. The van der Waals surface area contributed by atoms with E-state index in [1.807, 2.05) is 36.5 Å². The summed E-state index contributed by atoms with van der Waals surface area (Å²) < 4.78 is 5.84. The van der Waals surface area contributed by atoms with Crippen LogP contribution in [0.15, 0.2) is 90.0 Å². The van der Waals surface area contributed by atoms with E-state index < -0.39 is 0 Å². The number of hydrogen-bond donors (Lipinski definition) is 0. The quantitative estimate of drug-likeness (QED) is 0.564. The van der Waals surface area contributed by atoms with Gasteiger partial charge in [-0.05, 0) is 41.0 Å². The third kappa shape index (κ3) is 5.93. The fraction of sp³-hybridized carbons (Fsp3) is 0.240. The van der Waals surface area contributed by atoms with Crippen LogP contribution in [0.5, 0.6) is 5.75 Å². The smallest absolute Gasteiger partial charge is 0.119 e. The number of rotatable bonds is 7. The van der Waals surface area contributed by atoms with Crippen molar-refractivity contribution < 1.29 is 4.74 Å². The first-order chi connectivity index (χ1) is 14.3. The average molecular weight is 386 g/mol. The fourth-order valence-electron chi connectivity index (χ4n) is 3.39. The Bertz CT molecular complexity index is 886. The third-order valence-corrected chi connectivity index (χ3v) is 5.10. The molecule has 1 saturated heterocycles. The van der Waals surface area contributed by atoms with Crippen molar-refractivity contribution in [2.75, 3.05) is 26.2 Å². The highest BCUT2D eigenvalue weighted by Crippen LogP contribution is 2.14. The largest absolute Gasteiger partial charge is 0.489 e. The second-order valence-corrected chi connectivity index (χ2v) is 7.30. The molecule has 29 heavy (non-hydrogen) atoms. The van der Waals surface area contributed by atoms with Gasteiger partial charge in [0.2, 0.25) is 0 Å². The summed E-state index contributed by atoms with van der Waals surface area (Å²) in [4.78, 5) is 2.49. The molecule has 0 bridgehead atoms. The first kappa shape index (κ1) is 19.2. The van der Waals surface area contributed by atoms with Gasteiger partial charge in [-0.3, -0.25) is 9.91 Å². The van der Waals surface area contributed by atoms with Crippen LogP contribution in [0.4, 0.5) is 0 Å². The summed E-state index contributed by atoms with van der Waals surface area (Å²) in [7, 11) is 0. The predicted molar refractivity (Wildman–Crippen MR) is 118 cm³/mol. The van der Waals surface area contributed by atoms with Gasteiger partial charge in [0.1, 0.15) is 12.4 Å². The molecule has 4 nitrogen and oxygen atoms in total. The van der Waals surface area contributed by atoms with Crippen molar-refractivity contribution >= 4 is 6.21 Å². The topological polar surface area (TPSA) is 28.1 Å². The minimum Gasteiger partial charge on any atom is -0.489 e. The highest BCUT2D eigenvalue weighted by Gasteiger charge is 2.15. The summed E-state index contributed by atoms with van der Waals surface area (Å²) in [5, 5.41) is 6.81. The lowest BCUT2D eigenvalue weighted by Gasteiger charge is -2.33. The van der Waals surface area contributed by atoms with Crippen LogP contribution >= 0.6 is 0 Å². The maximum Gasteiger partial charge on any atom is 0.119 e. The maximum atomic E-state index is 5.84. The second-order valence-electron chi connectivity index (χ2n) is 7.30. The van der Waals surface area contributed by atoms with Gasteiger partial charge in [0.05, 0.1) is 6.21 Å². The molecule has 3 aromatic carbocycles. The summed E-state index contributed by atoms with van der Waals surface area (Å²) in [6, 6.07) is 29.0. The van der Waals surface area contributed by atoms with Crippen LogP contribution < -0.4 is 4.74 Å². The van der Waals surface area contributed by atoms with Crippen LogP contribution in [0.3, 0.4) is 0 Å². The van der Waals surface area contributed by atoms with Gasteiger partial charge in [0.25, 0.3) is 0 Å². The van der Waals surface area contributed by atoms with Gasteiger partial charge in [0.15, 0.2) is 0 Å². The molecule has 0 radical (unpaired) electrons. The summed E-state index contributed by atoms with van der Waals surface area (Å²) in [5.74, 6) is 0.875. The van der Waals surface area contributed by atoms with Gasteiger partial charge in [-0.2, -0.15) is 5.10 Å². The monoisotopic (exact) mass is 385 g/mol. The molecule has 0 amide bonds. The number of hydrogen-bond acceptors (Lipinski definition) is 4. The molecular formula is C25H27N3O. The van der Waals surface area contributed by atoms with E-state index in [2.05, 4.69) is 69.6 Å². The van der Waals surface area contributed by atoms with Gasteiger partial charge in [-0.25, -0.2) is 0 Å². The van der Waals surface area contributed by atoms with Crippen LogP contribution in [-0.2, 0) is 13.2 Å². The standard InChI is InChI=1S/C25H27N3O/c1-3-7-23(8-4-1)20-27-15-17-28(18-16-27)26-19-22-11-13-25(14-12-22)29-21-24-9-5-2-6-10-24/h1-14,19H,15-18,20-21H2. The van der Waals surface area contributed by atoms with Crippen molar-refractivity contribution in [1.29, 1.82) is 0 Å². The lowest BCUT2D eigenvalue weighted by Crippen LogP contribution is -2.43. The Morgan fingerprint density at radius 1 is 0.724 bits per heavy atom. The molecule has 0 aromatic heterocycles. The minimum absolute atomic E-state index is 0.585. The molecule has 0 N–H and O–H groups in total. The SMILES string of the molecule is C(=NN1CCN(Cc2ccccc2)CC1)c1ccc(OCc2ccccc2)cc1. The highest BCUT2D eigenvalue weighted by atomic mass is 16.5. The van der Waals surface area contributed by atoms with Crippen molar-refractivity contribution in [3.63, 3.8) is 0 Å². The summed E-state index contributed by atoms with van der Waals surface area (Å²) in [6.45, 7) is 5.60. The Kier molecular flexibility index (Phi) is 6.56. The van der Waals surface area contributed by atoms with Crippen LogP contribution in [0.25, 0.3) is 0 Å². The lowest BCUT2D eigenvalue weighted by molar-refractivity contribution is 0.131. The zero-order valence-electron chi connectivity index (χ0n) is 16.7. The van der Waals surface area contributed by atoms with E-state index in [0.29, 0.717) is 6.61 Å². The Hall–Kier alpha value is -3.11. The van der Waals surface area contributed by atoms with E-state index in [9.17, 15) is 0 Å². The van der Waals surface area contributed by atoms with Gasteiger partial charge in [-0.15, -0.1) is 0 Å². The molecule has 4 heteroatoms. The Balaban J connectivity index is 1.22. The Labute approximate surface area is 173 Å². The van der Waals surface area contributed by atoms with Gasteiger partial charge >= 0.3 is 0 Å². The van der Waals surface area contributed by atoms with Crippen molar-refractivity contribution in [2.45, 2.75) is 13.2 Å². The highest BCUT2D eigenvalue weighted by molar-refractivity contribution is 5.79. The normalized spacial score (nSPS) is 15.0. The van der Waals surface area contributed by atoms with Crippen molar-refractivity contribution in [1.82, 2.24) is 9.91 Å². The van der Waals surface area contributed by atoms with Crippen LogP contribution in [0.2, 0.25) is 0 Å². The zero-order chi connectivity index (χ0) is 19.7. The van der Waals surface area contributed by atoms with Gasteiger partial charge < -0.3 is 4.74 Å². The first-order valence-electron chi connectivity index (χ1n) is 10.2. The fourth-order valence-corrected chi connectivity index (χ4v) is 3.39. The molecule has 1 aliphatic heterocycles. The van der Waals surface area contributed by atoms with E-state index in [1.54, 1.807) is 0 Å². The van der Waals surface area contributed by atoms with E-state index in [-0.39, 0.29) is 0 Å². The zero-order valence-corrected chi connectivity index (χ0v) is 16.7. The molecule has 0 unspecified atom stereocenters. The molecule has 0 spiro atoms. The molecule has 1 heterocycles. The molecule has 0 aliphatic carbocycles. The molecule has 0 saturated carbocycles.